The van der Waals surface area contributed by atoms with Crippen molar-refractivity contribution in [2.75, 3.05) is 18.1 Å². The molecule has 0 saturated carbocycles. The molecular weight excluding hydrogens is 358 g/mol. The largest absolute Gasteiger partial charge is 0.497 e. The number of rotatable bonds is 5. The maximum atomic E-state index is 11.3. The van der Waals surface area contributed by atoms with Crippen LogP contribution >= 0.6 is 0 Å². The predicted octanol–water partition coefficient (Wildman–Crippen LogP) is 4.94. The number of nitriles is 1. The van der Waals surface area contributed by atoms with Crippen LogP contribution in [0.3, 0.4) is 0 Å². The van der Waals surface area contributed by atoms with Crippen LogP contribution in [0.1, 0.15) is 26.3 Å². The van der Waals surface area contributed by atoms with Crippen molar-refractivity contribution in [3.8, 4) is 23.1 Å². The van der Waals surface area contributed by atoms with Crippen molar-refractivity contribution in [2.45, 2.75) is 27.3 Å². The molecule has 1 N–H and O–H groups in total. The van der Waals surface area contributed by atoms with Gasteiger partial charge in [-0.3, -0.25) is 0 Å². The summed E-state index contributed by atoms with van der Waals surface area (Å²) < 4.78 is 21.6. The highest BCUT2D eigenvalue weighted by molar-refractivity contribution is 7.85. The van der Waals surface area contributed by atoms with Crippen LogP contribution in [-0.4, -0.2) is 22.1 Å². The van der Waals surface area contributed by atoms with Crippen molar-refractivity contribution in [3.05, 3.63) is 48.0 Å². The number of methoxy groups -OCH3 is 1. The van der Waals surface area contributed by atoms with E-state index in [9.17, 15) is 9.47 Å². The summed E-state index contributed by atoms with van der Waals surface area (Å²) in [6.45, 7) is 6.79. The molecule has 3 rings (SSSR count). The van der Waals surface area contributed by atoms with E-state index in [2.05, 4.69) is 22.3 Å². The molecule has 6 heteroatoms. The Bertz CT molecular complexity index is 985. The Balaban J connectivity index is 0.00000126. The fraction of sp³-hybridized carbons (Fsp3) is 0.286. The molecule has 0 aliphatic carbocycles. The van der Waals surface area contributed by atoms with Crippen LogP contribution in [0.2, 0.25) is 0 Å². The fourth-order valence-corrected chi connectivity index (χ4v) is 3.53. The first kappa shape index (κ1) is 20.5. The molecule has 0 fully saturated rings. The smallest absolute Gasteiger partial charge is 0.120 e. The number of anilines is 1. The lowest BCUT2D eigenvalue weighted by molar-refractivity contribution is 0.415. The van der Waals surface area contributed by atoms with Gasteiger partial charge >= 0.3 is 0 Å². The third kappa shape index (κ3) is 4.15. The highest BCUT2D eigenvalue weighted by atomic mass is 32.2. The minimum absolute atomic E-state index is 0.652. The molecule has 1 aromatic heterocycles. The number of nitrogens with one attached hydrogen (secondary N) is 1. The van der Waals surface area contributed by atoms with Crippen LogP contribution in [0.5, 0.6) is 5.75 Å². The maximum Gasteiger partial charge on any atom is 0.120 e. The number of hydrogen-bond donors (Lipinski definition) is 1. The molecule has 3 aromatic rings. The summed E-state index contributed by atoms with van der Waals surface area (Å²) in [6, 6.07) is 15.7. The van der Waals surface area contributed by atoms with Gasteiger partial charge in [0, 0.05) is 29.9 Å². The van der Waals surface area contributed by atoms with Crippen molar-refractivity contribution in [3.63, 3.8) is 0 Å². The molecule has 142 valence electrons. The number of nitrogens with zero attached hydrogens (tertiary/aromatic N) is 2. The van der Waals surface area contributed by atoms with E-state index >= 15 is 0 Å². The highest BCUT2D eigenvalue weighted by Crippen LogP contribution is 2.35. The molecule has 0 radical (unpaired) electrons. The first-order valence-electron chi connectivity index (χ1n) is 8.89. The summed E-state index contributed by atoms with van der Waals surface area (Å²) in [7, 11) is 0.518. The zero-order valence-corrected chi connectivity index (χ0v) is 17.2. The molecule has 0 spiro atoms. The van der Waals surface area contributed by atoms with Gasteiger partial charge in [-0.1, -0.05) is 26.0 Å². The second-order valence-electron chi connectivity index (χ2n) is 5.60. The van der Waals surface area contributed by atoms with Crippen LogP contribution in [0.4, 0.5) is 5.69 Å². The van der Waals surface area contributed by atoms with E-state index in [-0.39, 0.29) is 0 Å². The number of aryl methyl sites for hydroxylation is 1. The summed E-state index contributed by atoms with van der Waals surface area (Å²) in [5.41, 5.74) is 4.24. The van der Waals surface area contributed by atoms with Crippen LogP contribution < -0.4 is 9.46 Å². The third-order valence-electron chi connectivity index (χ3n) is 4.12. The van der Waals surface area contributed by atoms with Crippen LogP contribution in [-0.2, 0) is 17.5 Å². The van der Waals surface area contributed by atoms with Gasteiger partial charge in [0.25, 0.3) is 0 Å². The Morgan fingerprint density at radius 2 is 1.85 bits per heavy atom. The van der Waals surface area contributed by atoms with E-state index in [1.807, 2.05) is 56.3 Å². The van der Waals surface area contributed by atoms with Gasteiger partial charge < -0.3 is 14.0 Å². The van der Waals surface area contributed by atoms with Gasteiger partial charge in [-0.05, 0) is 36.8 Å². The van der Waals surface area contributed by atoms with Gasteiger partial charge in [0.15, 0.2) is 0 Å². The first-order valence-corrected chi connectivity index (χ1v) is 10.5. The van der Waals surface area contributed by atoms with Crippen LogP contribution in [0, 0.1) is 11.3 Å². The van der Waals surface area contributed by atoms with Crippen molar-refractivity contribution in [2.24, 2.45) is 0 Å². The minimum Gasteiger partial charge on any atom is -0.497 e. The Morgan fingerprint density at radius 1 is 1.19 bits per heavy atom. The second-order valence-corrected chi connectivity index (χ2v) is 6.71. The molecule has 27 heavy (non-hydrogen) atoms. The van der Waals surface area contributed by atoms with Gasteiger partial charge in [-0.2, -0.15) is 5.26 Å². The van der Waals surface area contributed by atoms with Crippen LogP contribution in [0.25, 0.3) is 22.2 Å². The molecule has 0 saturated heterocycles. The number of aromatic nitrogens is 1. The monoisotopic (exact) mass is 383 g/mol. The quantitative estimate of drug-likeness (QED) is 0.678. The summed E-state index contributed by atoms with van der Waals surface area (Å²) >= 11 is 0. The van der Waals surface area contributed by atoms with Crippen molar-refractivity contribution >= 4 is 27.6 Å². The van der Waals surface area contributed by atoms with Crippen molar-refractivity contribution in [1.29, 1.82) is 5.26 Å². The highest BCUT2D eigenvalue weighted by Gasteiger charge is 2.18. The second kappa shape index (κ2) is 9.24. The SMILES string of the molecule is CC.CCn1c(-c2ccc(NS(C)=O)cc2)c(C#N)c2ccc(OC)cc21. The first-order chi connectivity index (χ1) is 13.1. The Morgan fingerprint density at radius 3 is 2.37 bits per heavy atom. The topological polar surface area (TPSA) is 67.0 Å². The molecule has 0 aliphatic heterocycles. The van der Waals surface area contributed by atoms with Gasteiger partial charge in [0.2, 0.25) is 0 Å². The lowest BCUT2D eigenvalue weighted by Gasteiger charge is -2.10. The summed E-state index contributed by atoms with van der Waals surface area (Å²) in [4.78, 5) is 0. The average Bonchev–Trinajstić information content (AvgIpc) is 3.02. The number of fused-ring (bicyclic) bond motifs is 1. The average molecular weight is 384 g/mol. The van der Waals surface area contributed by atoms with Gasteiger partial charge in [-0.15, -0.1) is 0 Å². The lowest BCUT2D eigenvalue weighted by atomic mass is 10.1. The molecule has 1 unspecified atom stereocenters. The van der Waals surface area contributed by atoms with Gasteiger partial charge in [0.1, 0.15) is 22.8 Å². The molecule has 1 atom stereocenters. The van der Waals surface area contributed by atoms with Gasteiger partial charge in [-0.25, -0.2) is 4.21 Å². The zero-order chi connectivity index (χ0) is 20.0. The molecule has 5 nitrogen and oxygen atoms in total. The van der Waals surface area contributed by atoms with E-state index in [1.54, 1.807) is 13.4 Å². The number of ether oxygens (including phenoxy) is 1. The summed E-state index contributed by atoms with van der Waals surface area (Å²) in [5.74, 6) is 0.765. The normalized spacial score (nSPS) is 11.3. The Labute approximate surface area is 163 Å². The van der Waals surface area contributed by atoms with E-state index in [0.29, 0.717) is 5.56 Å². The molecule has 2 aromatic carbocycles. The molecule has 0 amide bonds. The molecule has 0 aliphatic rings. The zero-order valence-electron chi connectivity index (χ0n) is 16.4. The Kier molecular flexibility index (Phi) is 7.03. The summed E-state index contributed by atoms with van der Waals surface area (Å²) in [5, 5.41) is 10.7. The number of hydrogen-bond acceptors (Lipinski definition) is 3. The lowest BCUT2D eigenvalue weighted by Crippen LogP contribution is -2.01. The molecule has 0 bridgehead atoms. The molecule has 1 heterocycles. The summed E-state index contributed by atoms with van der Waals surface area (Å²) in [6.07, 6.45) is 1.59. The Hall–Kier alpha value is -2.78. The minimum atomic E-state index is -1.12. The standard InChI is InChI=1S/C19H19N3O2S.C2H6/c1-4-22-18-11-15(24-2)9-10-16(18)17(12-20)19(22)13-5-7-14(8-6-13)21-25(3)23;1-2/h5-11,21H,4H2,1-3H3;1-2H3. The number of benzene rings is 2. The van der Waals surface area contributed by atoms with Gasteiger partial charge in [0.05, 0.1) is 23.9 Å². The van der Waals surface area contributed by atoms with E-state index < -0.39 is 11.0 Å². The molecular formula is C21H25N3O2S. The van der Waals surface area contributed by atoms with E-state index in [4.69, 9.17) is 4.74 Å². The van der Waals surface area contributed by atoms with Crippen molar-refractivity contribution in [1.82, 2.24) is 4.57 Å². The maximum absolute atomic E-state index is 11.3. The fourth-order valence-electron chi connectivity index (χ4n) is 3.06. The van der Waals surface area contributed by atoms with E-state index in [0.717, 1.165) is 40.1 Å². The third-order valence-corrected chi connectivity index (χ3v) is 4.64. The van der Waals surface area contributed by atoms with E-state index in [1.165, 1.54) is 0 Å². The van der Waals surface area contributed by atoms with Crippen molar-refractivity contribution < 1.29 is 8.95 Å². The predicted molar refractivity (Wildman–Crippen MR) is 113 cm³/mol. The van der Waals surface area contributed by atoms with Crippen LogP contribution in [0.15, 0.2) is 42.5 Å².